The van der Waals surface area contributed by atoms with E-state index in [1.165, 1.54) is 54.6 Å². The summed E-state index contributed by atoms with van der Waals surface area (Å²) in [6, 6.07) is 11.9. The summed E-state index contributed by atoms with van der Waals surface area (Å²) in [6.45, 7) is 4.16. The van der Waals surface area contributed by atoms with E-state index < -0.39 is 35.5 Å². The van der Waals surface area contributed by atoms with Crippen LogP contribution in [0.15, 0.2) is 61.2 Å². The first-order valence-corrected chi connectivity index (χ1v) is 10.5. The van der Waals surface area contributed by atoms with E-state index in [-0.39, 0.29) is 42.2 Å². The minimum Gasteiger partial charge on any atom is -0.500 e. The van der Waals surface area contributed by atoms with Crippen molar-refractivity contribution >= 4 is 7.85 Å². The van der Waals surface area contributed by atoms with Crippen LogP contribution in [0.1, 0.15) is 11.5 Å². The lowest BCUT2D eigenvalue weighted by Crippen LogP contribution is -2.30. The van der Waals surface area contributed by atoms with E-state index in [0.717, 1.165) is 0 Å². The van der Waals surface area contributed by atoms with E-state index in [0.29, 0.717) is 11.1 Å². The zero-order chi connectivity index (χ0) is 23.5. The molecule has 0 aromatic heterocycles. The van der Waals surface area contributed by atoms with Gasteiger partial charge in [-0.05, 0) is 34.9 Å². The van der Waals surface area contributed by atoms with Gasteiger partial charge in [0.2, 0.25) is 5.82 Å². The highest BCUT2D eigenvalue weighted by molar-refractivity contribution is 6.08. The minimum absolute atomic E-state index is 0.0413. The molecular formula is C25H21BF4O3. The SMILES string of the molecule is BCOc1ccc(-c2ccc(-c3ccc(C4COC(C=C)OC4)c(F)c3F)cc2)c(F)c1F. The maximum Gasteiger partial charge on any atom is 0.201 e. The smallest absolute Gasteiger partial charge is 0.201 e. The number of hydrogen-bond acceptors (Lipinski definition) is 3. The molecule has 33 heavy (non-hydrogen) atoms. The normalized spacial score (nSPS) is 18.2. The number of halogens is 4. The second kappa shape index (κ2) is 9.81. The number of benzene rings is 3. The first-order valence-electron chi connectivity index (χ1n) is 10.5. The quantitative estimate of drug-likeness (QED) is 0.291. The molecule has 0 spiro atoms. The van der Waals surface area contributed by atoms with E-state index in [2.05, 4.69) is 6.58 Å². The summed E-state index contributed by atoms with van der Waals surface area (Å²) in [5, 5.41) is 0. The van der Waals surface area contributed by atoms with Crippen LogP contribution >= 0.6 is 0 Å². The third-order valence-corrected chi connectivity index (χ3v) is 5.52. The molecule has 0 atom stereocenters. The fourth-order valence-corrected chi connectivity index (χ4v) is 3.79. The van der Waals surface area contributed by atoms with E-state index in [1.54, 1.807) is 7.85 Å². The first kappa shape index (κ1) is 23.1. The van der Waals surface area contributed by atoms with Gasteiger partial charge < -0.3 is 14.2 Å². The van der Waals surface area contributed by atoms with Crippen molar-refractivity contribution in [1.29, 1.82) is 0 Å². The van der Waals surface area contributed by atoms with Crippen molar-refractivity contribution in [3.05, 3.63) is 90.0 Å². The Balaban J connectivity index is 1.59. The average molecular weight is 456 g/mol. The molecule has 1 aliphatic rings. The predicted molar refractivity (Wildman–Crippen MR) is 120 cm³/mol. The Bertz CT molecular complexity index is 1160. The fourth-order valence-electron chi connectivity index (χ4n) is 3.79. The number of rotatable bonds is 6. The third kappa shape index (κ3) is 4.54. The highest BCUT2D eigenvalue weighted by atomic mass is 19.2. The van der Waals surface area contributed by atoms with Gasteiger partial charge in [-0.3, -0.25) is 0 Å². The zero-order valence-corrected chi connectivity index (χ0v) is 17.9. The average Bonchev–Trinajstić information content (AvgIpc) is 2.84. The summed E-state index contributed by atoms with van der Waals surface area (Å²) in [6.07, 6.45) is 0.939. The molecular weight excluding hydrogens is 435 g/mol. The Kier molecular flexibility index (Phi) is 6.86. The van der Waals surface area contributed by atoms with Crippen LogP contribution in [0.2, 0.25) is 0 Å². The van der Waals surface area contributed by atoms with Gasteiger partial charge in [0, 0.05) is 17.0 Å². The molecule has 170 valence electrons. The van der Waals surface area contributed by atoms with Gasteiger partial charge in [0.1, 0.15) is 0 Å². The second-order valence-electron chi connectivity index (χ2n) is 7.55. The van der Waals surface area contributed by atoms with Crippen LogP contribution in [0.5, 0.6) is 5.75 Å². The highest BCUT2D eigenvalue weighted by Crippen LogP contribution is 2.34. The molecule has 1 fully saturated rings. The highest BCUT2D eigenvalue weighted by Gasteiger charge is 2.26. The molecule has 4 rings (SSSR count). The maximum atomic E-state index is 14.9. The Hall–Kier alpha value is -3.10. The van der Waals surface area contributed by atoms with E-state index in [4.69, 9.17) is 14.2 Å². The molecule has 1 aliphatic heterocycles. The van der Waals surface area contributed by atoms with Crippen LogP contribution in [0.4, 0.5) is 17.6 Å². The molecule has 0 unspecified atom stereocenters. The Morgan fingerprint density at radius 2 is 1.36 bits per heavy atom. The second-order valence-corrected chi connectivity index (χ2v) is 7.55. The molecule has 3 aromatic carbocycles. The molecule has 1 saturated heterocycles. The lowest BCUT2D eigenvalue weighted by molar-refractivity contribution is -0.159. The van der Waals surface area contributed by atoms with Crippen molar-refractivity contribution in [3.63, 3.8) is 0 Å². The van der Waals surface area contributed by atoms with Gasteiger partial charge in [0.05, 0.1) is 19.7 Å². The fraction of sp³-hybridized carbons (Fsp3) is 0.200. The Morgan fingerprint density at radius 3 is 1.91 bits per heavy atom. The zero-order valence-electron chi connectivity index (χ0n) is 17.9. The largest absolute Gasteiger partial charge is 0.500 e. The van der Waals surface area contributed by atoms with Gasteiger partial charge in [-0.25, -0.2) is 13.2 Å². The molecule has 8 heteroatoms. The van der Waals surface area contributed by atoms with E-state index in [1.807, 2.05) is 0 Å². The Labute approximate surface area is 190 Å². The minimum atomic E-state index is -1.07. The van der Waals surface area contributed by atoms with Gasteiger partial charge >= 0.3 is 0 Å². The molecule has 0 bridgehead atoms. The van der Waals surface area contributed by atoms with E-state index >= 15 is 0 Å². The van der Waals surface area contributed by atoms with Crippen LogP contribution < -0.4 is 4.74 Å². The molecule has 3 aromatic rings. The maximum absolute atomic E-state index is 14.9. The van der Waals surface area contributed by atoms with Gasteiger partial charge in [-0.15, -0.1) is 0 Å². The molecule has 0 amide bonds. The molecule has 3 nitrogen and oxygen atoms in total. The molecule has 0 radical (unpaired) electrons. The van der Waals surface area contributed by atoms with Gasteiger partial charge in [0.15, 0.2) is 37.3 Å². The lowest BCUT2D eigenvalue weighted by Gasteiger charge is -2.28. The third-order valence-electron chi connectivity index (χ3n) is 5.52. The molecule has 0 aliphatic carbocycles. The lowest BCUT2D eigenvalue weighted by atomic mass is 9.94. The topological polar surface area (TPSA) is 27.7 Å². The monoisotopic (exact) mass is 456 g/mol. The van der Waals surface area contributed by atoms with Crippen molar-refractivity contribution in [2.75, 3.05) is 19.7 Å². The molecule has 0 N–H and O–H groups in total. The van der Waals surface area contributed by atoms with Crippen molar-refractivity contribution in [2.24, 2.45) is 0 Å². The number of hydrogen-bond donors (Lipinski definition) is 0. The van der Waals surface area contributed by atoms with Crippen molar-refractivity contribution in [1.82, 2.24) is 0 Å². The summed E-state index contributed by atoms with van der Waals surface area (Å²) in [7, 11) is 1.67. The summed E-state index contributed by atoms with van der Waals surface area (Å²) >= 11 is 0. The van der Waals surface area contributed by atoms with Crippen LogP contribution in [-0.2, 0) is 9.47 Å². The van der Waals surface area contributed by atoms with Gasteiger partial charge in [-0.1, -0.05) is 43.0 Å². The Morgan fingerprint density at radius 1 is 0.818 bits per heavy atom. The predicted octanol–water partition coefficient (Wildman–Crippen LogP) is 5.19. The van der Waals surface area contributed by atoms with E-state index in [9.17, 15) is 17.6 Å². The van der Waals surface area contributed by atoms with Crippen LogP contribution in [0.3, 0.4) is 0 Å². The van der Waals surface area contributed by atoms with Crippen LogP contribution in [0, 0.1) is 23.3 Å². The van der Waals surface area contributed by atoms with Crippen LogP contribution in [-0.4, -0.2) is 33.9 Å². The van der Waals surface area contributed by atoms with Gasteiger partial charge in [0.25, 0.3) is 0 Å². The molecule has 1 heterocycles. The van der Waals surface area contributed by atoms with Crippen LogP contribution in [0.25, 0.3) is 22.3 Å². The van der Waals surface area contributed by atoms with Crippen molar-refractivity contribution in [3.8, 4) is 28.0 Å². The summed E-state index contributed by atoms with van der Waals surface area (Å²) < 4.78 is 74.3. The summed E-state index contributed by atoms with van der Waals surface area (Å²) in [5.74, 6) is -4.68. The first-order chi connectivity index (χ1) is 15.9. The molecule has 0 saturated carbocycles. The summed E-state index contributed by atoms with van der Waals surface area (Å²) in [4.78, 5) is 0. The standard InChI is InChI=1S/C25H21BF4O3/c1-2-21-31-11-16(12-32-21)19-8-7-17(22(27)23(19)28)14-3-5-15(6-4-14)18-9-10-20(33-13-26)25(30)24(18)29/h2-10,16,21H,1,11-13,26H2. The summed E-state index contributed by atoms with van der Waals surface area (Å²) in [5.41, 5.74) is 1.06. The van der Waals surface area contributed by atoms with Gasteiger partial charge in [-0.2, -0.15) is 4.39 Å². The number of ether oxygens (including phenoxy) is 3. The van der Waals surface area contributed by atoms with Crippen molar-refractivity contribution in [2.45, 2.75) is 12.2 Å². The van der Waals surface area contributed by atoms with Crippen molar-refractivity contribution < 1.29 is 31.8 Å².